The number of halogens is 2. The largest absolute Gasteiger partial charge is 0.465 e. The molecule has 1 saturated heterocycles. The Kier molecular flexibility index (Phi) is 7.13. The van der Waals surface area contributed by atoms with Gasteiger partial charge >= 0.3 is 6.09 Å². The van der Waals surface area contributed by atoms with Gasteiger partial charge in [-0.25, -0.2) is 4.79 Å². The van der Waals surface area contributed by atoms with Crippen LogP contribution in [-0.2, 0) is 6.54 Å². The average molecular weight is 319 g/mol. The molecule has 2 rings (SSSR count). The predicted octanol–water partition coefficient (Wildman–Crippen LogP) is 3.24. The van der Waals surface area contributed by atoms with E-state index in [1.54, 1.807) is 0 Å². The molecule has 1 aliphatic heterocycles. The van der Waals surface area contributed by atoms with Crippen molar-refractivity contribution in [3.63, 3.8) is 0 Å². The molecule has 1 fully saturated rings. The van der Waals surface area contributed by atoms with Gasteiger partial charge in [-0.15, -0.1) is 12.4 Å². The van der Waals surface area contributed by atoms with Gasteiger partial charge in [-0.2, -0.15) is 0 Å². The second-order valence-corrected chi connectivity index (χ2v) is 5.47. The van der Waals surface area contributed by atoms with Crippen molar-refractivity contribution >= 4 is 30.1 Å². The molecule has 0 spiro atoms. The van der Waals surface area contributed by atoms with Crippen LogP contribution < -0.4 is 5.32 Å². The predicted molar refractivity (Wildman–Crippen MR) is 82.7 cm³/mol. The second-order valence-electron chi connectivity index (χ2n) is 5.03. The lowest BCUT2D eigenvalue weighted by atomic mass is 9.96. The second kappa shape index (κ2) is 8.35. The van der Waals surface area contributed by atoms with Gasteiger partial charge in [-0.05, 0) is 49.5 Å². The normalized spacial score (nSPS) is 16.4. The van der Waals surface area contributed by atoms with Crippen molar-refractivity contribution in [3.8, 4) is 0 Å². The third-order valence-electron chi connectivity index (χ3n) is 3.57. The van der Waals surface area contributed by atoms with Gasteiger partial charge in [0.25, 0.3) is 0 Å². The van der Waals surface area contributed by atoms with E-state index in [-0.39, 0.29) is 12.4 Å². The molecular formula is C14H20Cl2N2O2. The van der Waals surface area contributed by atoms with E-state index in [0.29, 0.717) is 12.5 Å². The Hall–Kier alpha value is -0.970. The Morgan fingerprint density at radius 2 is 1.90 bits per heavy atom. The van der Waals surface area contributed by atoms with Crippen LogP contribution in [0.15, 0.2) is 24.3 Å². The first-order chi connectivity index (χ1) is 9.13. The Balaban J connectivity index is 0.00000200. The van der Waals surface area contributed by atoms with Crippen molar-refractivity contribution in [1.29, 1.82) is 0 Å². The molecule has 6 heteroatoms. The lowest BCUT2D eigenvalue weighted by Crippen LogP contribution is -2.37. The molecule has 1 heterocycles. The molecule has 0 aromatic heterocycles. The molecule has 0 radical (unpaired) electrons. The molecule has 1 amide bonds. The smallest absolute Gasteiger partial charge is 0.404 e. The zero-order chi connectivity index (χ0) is 13.7. The van der Waals surface area contributed by atoms with Crippen LogP contribution in [0.25, 0.3) is 0 Å². The van der Waals surface area contributed by atoms with E-state index < -0.39 is 6.09 Å². The number of benzene rings is 1. The van der Waals surface area contributed by atoms with Gasteiger partial charge in [0.1, 0.15) is 0 Å². The Morgan fingerprint density at radius 3 is 2.45 bits per heavy atom. The molecule has 0 unspecified atom stereocenters. The molecule has 0 atom stereocenters. The average Bonchev–Trinajstić information content (AvgIpc) is 2.40. The number of piperidine rings is 1. The van der Waals surface area contributed by atoms with Gasteiger partial charge in [-0.1, -0.05) is 23.7 Å². The van der Waals surface area contributed by atoms with Crippen LogP contribution in [0.3, 0.4) is 0 Å². The van der Waals surface area contributed by atoms with Gasteiger partial charge in [0.15, 0.2) is 0 Å². The molecular weight excluding hydrogens is 299 g/mol. The number of likely N-dealkylation sites (tertiary alicyclic amines) is 1. The van der Waals surface area contributed by atoms with Crippen molar-refractivity contribution in [2.75, 3.05) is 19.6 Å². The summed E-state index contributed by atoms with van der Waals surface area (Å²) in [6, 6.07) is 7.95. The lowest BCUT2D eigenvalue weighted by Gasteiger charge is -2.31. The van der Waals surface area contributed by atoms with Gasteiger partial charge in [0, 0.05) is 18.1 Å². The molecule has 2 N–H and O–H groups in total. The maximum absolute atomic E-state index is 10.4. The standard InChI is InChI=1S/C14H19ClN2O2.ClH/c15-13-3-1-12(2-4-13)10-17-7-5-11(6-8-17)9-16-14(18)19;/h1-4,11,16H,5-10H2,(H,18,19);1H. The minimum atomic E-state index is -0.927. The van der Waals surface area contributed by atoms with Crippen molar-refractivity contribution in [2.24, 2.45) is 5.92 Å². The number of hydrogen-bond acceptors (Lipinski definition) is 2. The molecule has 1 aliphatic rings. The van der Waals surface area contributed by atoms with Crippen molar-refractivity contribution in [1.82, 2.24) is 10.2 Å². The third-order valence-corrected chi connectivity index (χ3v) is 3.82. The zero-order valence-corrected chi connectivity index (χ0v) is 12.8. The first-order valence-electron chi connectivity index (χ1n) is 6.57. The van der Waals surface area contributed by atoms with Crippen molar-refractivity contribution in [3.05, 3.63) is 34.9 Å². The van der Waals surface area contributed by atoms with Gasteiger partial charge < -0.3 is 10.4 Å². The molecule has 112 valence electrons. The summed E-state index contributed by atoms with van der Waals surface area (Å²) in [5.41, 5.74) is 1.27. The summed E-state index contributed by atoms with van der Waals surface area (Å²) in [4.78, 5) is 12.8. The summed E-state index contributed by atoms with van der Waals surface area (Å²) in [5, 5.41) is 11.8. The maximum Gasteiger partial charge on any atom is 0.404 e. The van der Waals surface area contributed by atoms with E-state index in [4.69, 9.17) is 16.7 Å². The topological polar surface area (TPSA) is 52.6 Å². The third kappa shape index (κ3) is 5.57. The summed E-state index contributed by atoms with van der Waals surface area (Å²) in [6.07, 6.45) is 1.17. The number of amides is 1. The molecule has 0 saturated carbocycles. The zero-order valence-electron chi connectivity index (χ0n) is 11.2. The highest BCUT2D eigenvalue weighted by atomic mass is 35.5. The number of carboxylic acid groups (broad SMARTS) is 1. The van der Waals surface area contributed by atoms with Crippen LogP contribution in [0, 0.1) is 5.92 Å². The summed E-state index contributed by atoms with van der Waals surface area (Å²) >= 11 is 5.87. The summed E-state index contributed by atoms with van der Waals surface area (Å²) in [7, 11) is 0. The fourth-order valence-electron chi connectivity index (χ4n) is 2.43. The Morgan fingerprint density at radius 1 is 1.30 bits per heavy atom. The fraction of sp³-hybridized carbons (Fsp3) is 0.500. The van der Waals surface area contributed by atoms with E-state index in [0.717, 1.165) is 37.5 Å². The van der Waals surface area contributed by atoms with Gasteiger partial charge in [-0.3, -0.25) is 4.90 Å². The lowest BCUT2D eigenvalue weighted by molar-refractivity contribution is 0.166. The van der Waals surface area contributed by atoms with Crippen LogP contribution >= 0.6 is 24.0 Å². The highest BCUT2D eigenvalue weighted by molar-refractivity contribution is 6.30. The fourth-order valence-corrected chi connectivity index (χ4v) is 2.55. The number of nitrogens with one attached hydrogen (secondary N) is 1. The highest BCUT2D eigenvalue weighted by Gasteiger charge is 2.19. The molecule has 0 aliphatic carbocycles. The van der Waals surface area contributed by atoms with Crippen LogP contribution in [-0.4, -0.2) is 35.7 Å². The number of hydrogen-bond donors (Lipinski definition) is 2. The maximum atomic E-state index is 10.4. The van der Waals surface area contributed by atoms with Crippen LogP contribution in [0.5, 0.6) is 0 Å². The Bertz CT molecular complexity index is 418. The van der Waals surface area contributed by atoms with E-state index in [9.17, 15) is 4.79 Å². The number of rotatable bonds is 4. The van der Waals surface area contributed by atoms with Gasteiger partial charge in [0.05, 0.1) is 0 Å². The minimum absolute atomic E-state index is 0. The van der Waals surface area contributed by atoms with Crippen LogP contribution in [0.2, 0.25) is 5.02 Å². The van der Waals surface area contributed by atoms with Crippen LogP contribution in [0.4, 0.5) is 4.79 Å². The molecule has 1 aromatic rings. The molecule has 1 aromatic carbocycles. The molecule has 0 bridgehead atoms. The van der Waals surface area contributed by atoms with Gasteiger partial charge in [0.2, 0.25) is 0 Å². The highest BCUT2D eigenvalue weighted by Crippen LogP contribution is 2.19. The number of carbonyl (C=O) groups is 1. The van der Waals surface area contributed by atoms with E-state index >= 15 is 0 Å². The quantitative estimate of drug-likeness (QED) is 0.896. The van der Waals surface area contributed by atoms with E-state index in [2.05, 4.69) is 22.3 Å². The van der Waals surface area contributed by atoms with Crippen molar-refractivity contribution in [2.45, 2.75) is 19.4 Å². The Labute approximate surface area is 130 Å². The summed E-state index contributed by atoms with van der Waals surface area (Å²) < 4.78 is 0. The first-order valence-corrected chi connectivity index (χ1v) is 6.95. The SMILES string of the molecule is Cl.O=C(O)NCC1CCN(Cc2ccc(Cl)cc2)CC1. The van der Waals surface area contributed by atoms with Crippen molar-refractivity contribution < 1.29 is 9.90 Å². The monoisotopic (exact) mass is 318 g/mol. The minimum Gasteiger partial charge on any atom is -0.465 e. The van der Waals surface area contributed by atoms with Crippen LogP contribution in [0.1, 0.15) is 18.4 Å². The summed E-state index contributed by atoms with van der Waals surface area (Å²) in [6.45, 7) is 3.56. The summed E-state index contributed by atoms with van der Waals surface area (Å²) in [5.74, 6) is 0.470. The number of nitrogens with zero attached hydrogens (tertiary/aromatic N) is 1. The van der Waals surface area contributed by atoms with E-state index in [1.165, 1.54) is 5.56 Å². The molecule has 20 heavy (non-hydrogen) atoms. The van der Waals surface area contributed by atoms with E-state index in [1.807, 2.05) is 12.1 Å². The molecule has 4 nitrogen and oxygen atoms in total. The first kappa shape index (κ1) is 17.1.